The molecule has 3 rings (SSSR count). The number of rotatable bonds is 9. The average molecular weight is 446 g/mol. The van der Waals surface area contributed by atoms with Gasteiger partial charge in [0.1, 0.15) is 12.3 Å². The van der Waals surface area contributed by atoms with E-state index in [9.17, 15) is 18.0 Å². The largest absolute Gasteiger partial charge is 0.495 e. The highest BCUT2D eigenvalue weighted by Crippen LogP contribution is 2.29. The summed E-state index contributed by atoms with van der Waals surface area (Å²) in [6.45, 7) is 1.11. The average Bonchev–Trinajstić information content (AvgIpc) is 3.15. The van der Waals surface area contributed by atoms with Crippen molar-refractivity contribution in [1.29, 1.82) is 0 Å². The molecular weight excluding hydrogens is 418 g/mol. The van der Waals surface area contributed by atoms with Crippen molar-refractivity contribution in [1.82, 2.24) is 10.2 Å². The molecule has 9 heteroatoms. The van der Waals surface area contributed by atoms with E-state index < -0.39 is 15.9 Å². The number of sulfonamides is 1. The second-order valence-electron chi connectivity index (χ2n) is 7.41. The monoisotopic (exact) mass is 445 g/mol. The number of hydrogen-bond donors (Lipinski definition) is 1. The first kappa shape index (κ1) is 22.6. The molecule has 0 radical (unpaired) electrons. The number of nitrogens with zero attached hydrogens (tertiary/aromatic N) is 2. The van der Waals surface area contributed by atoms with Crippen molar-refractivity contribution in [3.63, 3.8) is 0 Å². The van der Waals surface area contributed by atoms with E-state index in [1.165, 1.54) is 7.11 Å². The van der Waals surface area contributed by atoms with Crippen molar-refractivity contribution in [2.45, 2.75) is 25.9 Å². The topological polar surface area (TPSA) is 96.0 Å². The maximum absolute atomic E-state index is 12.6. The normalized spacial score (nSPS) is 13.9. The maximum Gasteiger partial charge on any atom is 0.241 e. The summed E-state index contributed by atoms with van der Waals surface area (Å²) < 4.78 is 31.0. The van der Waals surface area contributed by atoms with Gasteiger partial charge in [-0.2, -0.15) is 0 Å². The van der Waals surface area contributed by atoms with Gasteiger partial charge in [-0.25, -0.2) is 8.42 Å². The molecule has 2 amide bonds. The predicted octanol–water partition coefficient (Wildman–Crippen LogP) is 1.90. The fourth-order valence-electron chi connectivity index (χ4n) is 3.56. The first-order chi connectivity index (χ1) is 14.8. The number of anilines is 1. The number of hydrogen-bond acceptors (Lipinski definition) is 5. The molecule has 0 bridgehead atoms. The van der Waals surface area contributed by atoms with Crippen LogP contribution in [0, 0.1) is 0 Å². The van der Waals surface area contributed by atoms with Crippen LogP contribution in [-0.2, 0) is 32.7 Å². The lowest BCUT2D eigenvalue weighted by Crippen LogP contribution is -2.40. The third kappa shape index (κ3) is 5.75. The van der Waals surface area contributed by atoms with E-state index in [2.05, 4.69) is 5.32 Å². The molecule has 0 aliphatic carbocycles. The Balaban J connectivity index is 1.70. The van der Waals surface area contributed by atoms with Crippen LogP contribution in [0.3, 0.4) is 0 Å². The molecule has 1 heterocycles. The maximum atomic E-state index is 12.6. The van der Waals surface area contributed by atoms with Crippen LogP contribution >= 0.6 is 0 Å². The molecule has 0 atom stereocenters. The zero-order valence-corrected chi connectivity index (χ0v) is 18.5. The summed E-state index contributed by atoms with van der Waals surface area (Å²) in [4.78, 5) is 26.4. The molecule has 1 aliphatic heterocycles. The van der Waals surface area contributed by atoms with Gasteiger partial charge >= 0.3 is 0 Å². The minimum Gasteiger partial charge on any atom is -0.495 e. The summed E-state index contributed by atoms with van der Waals surface area (Å²) in [6, 6.07) is 14.2. The Morgan fingerprint density at radius 2 is 1.81 bits per heavy atom. The van der Waals surface area contributed by atoms with Gasteiger partial charge in [0.25, 0.3) is 0 Å². The number of nitrogens with one attached hydrogen (secondary N) is 1. The Morgan fingerprint density at radius 3 is 2.45 bits per heavy atom. The van der Waals surface area contributed by atoms with E-state index >= 15 is 0 Å². The third-order valence-corrected chi connectivity index (χ3v) is 6.29. The van der Waals surface area contributed by atoms with E-state index in [1.807, 2.05) is 29.2 Å². The quantitative estimate of drug-likeness (QED) is 0.636. The van der Waals surface area contributed by atoms with Gasteiger partial charge in [0.2, 0.25) is 21.8 Å². The number of likely N-dealkylation sites (tertiary alicyclic amines) is 1. The molecule has 1 saturated heterocycles. The van der Waals surface area contributed by atoms with Gasteiger partial charge in [0, 0.05) is 26.1 Å². The first-order valence-corrected chi connectivity index (χ1v) is 11.9. The zero-order valence-electron chi connectivity index (χ0n) is 17.7. The van der Waals surface area contributed by atoms with Crippen LogP contribution in [0.5, 0.6) is 5.75 Å². The van der Waals surface area contributed by atoms with Crippen LogP contribution in [0.2, 0.25) is 0 Å². The lowest BCUT2D eigenvalue weighted by molar-refractivity contribution is -0.128. The molecule has 1 fully saturated rings. The number of para-hydroxylation sites is 2. The number of carbonyl (C=O) groups is 2. The zero-order chi connectivity index (χ0) is 22.4. The van der Waals surface area contributed by atoms with Crippen LogP contribution in [-0.4, -0.2) is 51.6 Å². The van der Waals surface area contributed by atoms with Crippen molar-refractivity contribution in [3.05, 3.63) is 59.7 Å². The van der Waals surface area contributed by atoms with Gasteiger partial charge in [-0.1, -0.05) is 36.4 Å². The number of carbonyl (C=O) groups excluding carboxylic acids is 2. The Bertz CT molecular complexity index is 1050. The van der Waals surface area contributed by atoms with E-state index in [0.717, 1.165) is 34.7 Å². The number of amides is 2. The molecule has 166 valence electrons. The molecule has 2 aromatic rings. The van der Waals surface area contributed by atoms with Gasteiger partial charge < -0.3 is 15.0 Å². The fraction of sp³-hybridized carbons (Fsp3) is 0.364. The number of ether oxygens (including phenoxy) is 1. The molecule has 1 aliphatic rings. The summed E-state index contributed by atoms with van der Waals surface area (Å²) in [7, 11) is -2.26. The Labute approximate surface area is 182 Å². The molecular formula is C22H27N3O5S. The number of methoxy groups -OCH3 is 1. The first-order valence-electron chi connectivity index (χ1n) is 10.0. The van der Waals surface area contributed by atoms with Crippen molar-refractivity contribution < 1.29 is 22.7 Å². The standard InChI is InChI=1S/C22H27N3O5S/c1-30-20-11-6-5-10-19(20)25(31(2,28)29)16-21(26)23-14-17-8-3-4-9-18(17)15-24-13-7-12-22(24)27/h3-6,8-11H,7,12-16H2,1-2H3,(H,23,26). The van der Waals surface area contributed by atoms with Crippen LogP contribution in [0.1, 0.15) is 24.0 Å². The predicted molar refractivity (Wildman–Crippen MR) is 118 cm³/mol. The van der Waals surface area contributed by atoms with Crippen molar-refractivity contribution in [3.8, 4) is 5.75 Å². The second-order valence-corrected chi connectivity index (χ2v) is 9.31. The molecule has 0 saturated carbocycles. The van der Waals surface area contributed by atoms with E-state index in [1.54, 1.807) is 24.3 Å². The summed E-state index contributed by atoms with van der Waals surface area (Å²) in [5.41, 5.74) is 2.15. The van der Waals surface area contributed by atoms with Crippen molar-refractivity contribution in [2.24, 2.45) is 0 Å². The van der Waals surface area contributed by atoms with Gasteiger partial charge in [-0.15, -0.1) is 0 Å². The van der Waals surface area contributed by atoms with Gasteiger partial charge in [-0.05, 0) is 29.7 Å². The molecule has 0 spiro atoms. The third-order valence-electron chi connectivity index (χ3n) is 5.17. The van der Waals surface area contributed by atoms with Gasteiger partial charge in [0.15, 0.2) is 0 Å². The minimum atomic E-state index is -3.71. The van der Waals surface area contributed by atoms with Gasteiger partial charge in [0.05, 0.1) is 19.1 Å². The van der Waals surface area contributed by atoms with E-state index in [-0.39, 0.29) is 19.0 Å². The lowest BCUT2D eigenvalue weighted by atomic mass is 10.1. The molecule has 0 aromatic heterocycles. The van der Waals surface area contributed by atoms with E-state index in [0.29, 0.717) is 24.4 Å². The van der Waals surface area contributed by atoms with Crippen LogP contribution < -0.4 is 14.4 Å². The highest BCUT2D eigenvalue weighted by Gasteiger charge is 2.24. The molecule has 2 aromatic carbocycles. The van der Waals surface area contributed by atoms with Crippen LogP contribution in [0.4, 0.5) is 5.69 Å². The highest BCUT2D eigenvalue weighted by atomic mass is 32.2. The molecule has 0 unspecified atom stereocenters. The summed E-state index contributed by atoms with van der Waals surface area (Å²) >= 11 is 0. The molecule has 8 nitrogen and oxygen atoms in total. The molecule has 31 heavy (non-hydrogen) atoms. The second kappa shape index (κ2) is 9.82. The van der Waals surface area contributed by atoms with Crippen LogP contribution in [0.25, 0.3) is 0 Å². The Morgan fingerprint density at radius 1 is 1.13 bits per heavy atom. The smallest absolute Gasteiger partial charge is 0.241 e. The minimum absolute atomic E-state index is 0.138. The summed E-state index contributed by atoms with van der Waals surface area (Å²) in [6.07, 6.45) is 2.49. The summed E-state index contributed by atoms with van der Waals surface area (Å²) in [5.74, 6) is 0.0594. The van der Waals surface area contributed by atoms with Crippen LogP contribution in [0.15, 0.2) is 48.5 Å². The van der Waals surface area contributed by atoms with Gasteiger partial charge in [-0.3, -0.25) is 13.9 Å². The van der Waals surface area contributed by atoms with Crippen molar-refractivity contribution in [2.75, 3.05) is 30.8 Å². The van der Waals surface area contributed by atoms with E-state index in [4.69, 9.17) is 4.74 Å². The lowest BCUT2D eigenvalue weighted by Gasteiger charge is -2.24. The fourth-order valence-corrected chi connectivity index (χ4v) is 4.42. The summed E-state index contributed by atoms with van der Waals surface area (Å²) in [5, 5.41) is 2.80. The highest BCUT2D eigenvalue weighted by molar-refractivity contribution is 7.92. The van der Waals surface area contributed by atoms with Crippen molar-refractivity contribution >= 4 is 27.5 Å². The molecule has 1 N–H and O–H groups in total. The Kier molecular flexibility index (Phi) is 7.17. The number of benzene rings is 2. The SMILES string of the molecule is COc1ccccc1N(CC(=O)NCc1ccccc1CN1CCCC1=O)S(C)(=O)=O. The Hall–Kier alpha value is -3.07.